The van der Waals surface area contributed by atoms with Crippen molar-refractivity contribution in [2.45, 2.75) is 71.4 Å². The van der Waals surface area contributed by atoms with Crippen LogP contribution in [0.3, 0.4) is 0 Å². The minimum Gasteiger partial charge on any atom is -0.394 e. The summed E-state index contributed by atoms with van der Waals surface area (Å²) in [4.78, 5) is 40.3. The second-order valence-electron chi connectivity index (χ2n) is 10.5. The minimum atomic E-state index is -2.01. The van der Waals surface area contributed by atoms with Crippen molar-refractivity contribution in [1.82, 2.24) is 4.90 Å². The summed E-state index contributed by atoms with van der Waals surface area (Å²) in [7, 11) is 0. The number of carbonyl (C=O) groups excluding carboxylic acids is 2. The number of rotatable bonds is 11. The van der Waals surface area contributed by atoms with E-state index in [2.05, 4.69) is 6.08 Å². The normalized spacial score (nSPS) is 22.2. The second-order valence-corrected chi connectivity index (χ2v) is 10.5. The molecule has 1 aromatic carbocycles. The Morgan fingerprint density at radius 3 is 2.68 bits per heavy atom. The predicted octanol–water partition coefficient (Wildman–Crippen LogP) is 4.39. The van der Waals surface area contributed by atoms with Crippen molar-refractivity contribution < 1.29 is 24.7 Å². The van der Waals surface area contributed by atoms with Crippen molar-refractivity contribution in [3.05, 3.63) is 69.3 Å². The van der Waals surface area contributed by atoms with Crippen LogP contribution in [0.5, 0.6) is 0 Å². The average molecular weight is 526 g/mol. The van der Waals surface area contributed by atoms with E-state index in [1.165, 1.54) is 28.7 Å². The molecular formula is C29H39N3O6. The molecule has 9 nitrogen and oxygen atoms in total. The molecule has 0 radical (unpaired) electrons. The van der Waals surface area contributed by atoms with Crippen molar-refractivity contribution in [3.63, 3.8) is 0 Å². The van der Waals surface area contributed by atoms with Crippen molar-refractivity contribution in [3.8, 4) is 0 Å². The first kappa shape index (κ1) is 29.3. The van der Waals surface area contributed by atoms with Crippen LogP contribution in [-0.4, -0.2) is 57.6 Å². The van der Waals surface area contributed by atoms with Gasteiger partial charge in [0.25, 0.3) is 11.6 Å². The molecule has 2 aliphatic rings. The SMILES string of the molecule is CC(C)=CCC/C(C)=C/CN1C(=O)[C@@](O)([C@@H](C)/C=C/CC(=O)N2CCC[C@H]2CO)c2cc([N+](=O)[O-])ccc21. The predicted molar refractivity (Wildman–Crippen MR) is 147 cm³/mol. The van der Waals surface area contributed by atoms with Gasteiger partial charge in [-0.1, -0.05) is 42.4 Å². The lowest BCUT2D eigenvalue weighted by molar-refractivity contribution is -0.385. The molecule has 2 N–H and O–H groups in total. The molecule has 0 spiro atoms. The lowest BCUT2D eigenvalue weighted by Gasteiger charge is -2.27. The van der Waals surface area contributed by atoms with E-state index in [-0.39, 0.29) is 42.8 Å². The van der Waals surface area contributed by atoms with Gasteiger partial charge in [-0.3, -0.25) is 19.7 Å². The van der Waals surface area contributed by atoms with Gasteiger partial charge in [-0.05, 0) is 52.5 Å². The maximum Gasteiger partial charge on any atom is 0.269 e. The number of nitro benzene ring substituents is 1. The van der Waals surface area contributed by atoms with E-state index in [9.17, 15) is 29.9 Å². The number of anilines is 1. The fourth-order valence-corrected chi connectivity index (χ4v) is 5.15. The number of aliphatic hydroxyl groups is 2. The van der Waals surface area contributed by atoms with Gasteiger partial charge in [-0.25, -0.2) is 0 Å². The van der Waals surface area contributed by atoms with Crippen molar-refractivity contribution >= 4 is 23.2 Å². The van der Waals surface area contributed by atoms with Crippen LogP contribution in [-0.2, 0) is 15.2 Å². The number of amides is 2. The molecule has 0 saturated carbocycles. The first-order valence-electron chi connectivity index (χ1n) is 13.2. The van der Waals surface area contributed by atoms with Crippen molar-refractivity contribution in [1.29, 1.82) is 0 Å². The van der Waals surface area contributed by atoms with Gasteiger partial charge >= 0.3 is 0 Å². The van der Waals surface area contributed by atoms with Crippen LogP contribution >= 0.6 is 0 Å². The molecule has 2 amide bonds. The van der Waals surface area contributed by atoms with E-state index < -0.39 is 22.3 Å². The highest BCUT2D eigenvalue weighted by Gasteiger charge is 2.53. The number of non-ortho nitro benzene ring substituents is 1. The lowest BCUT2D eigenvalue weighted by Crippen LogP contribution is -2.44. The highest BCUT2D eigenvalue weighted by Crippen LogP contribution is 2.46. The Morgan fingerprint density at radius 2 is 2.03 bits per heavy atom. The number of likely N-dealkylation sites (tertiary alicyclic amines) is 1. The van der Waals surface area contributed by atoms with Gasteiger partial charge in [0.1, 0.15) is 0 Å². The van der Waals surface area contributed by atoms with Crippen LogP contribution in [0.2, 0.25) is 0 Å². The smallest absolute Gasteiger partial charge is 0.269 e. The zero-order chi connectivity index (χ0) is 28.0. The summed E-state index contributed by atoms with van der Waals surface area (Å²) >= 11 is 0. The van der Waals surface area contributed by atoms with Crippen LogP contribution in [0.15, 0.2) is 53.6 Å². The van der Waals surface area contributed by atoms with E-state index in [1.54, 1.807) is 24.0 Å². The third-order valence-corrected chi connectivity index (χ3v) is 7.46. The van der Waals surface area contributed by atoms with E-state index in [4.69, 9.17) is 0 Å². The number of nitro groups is 1. The molecule has 1 aromatic rings. The fourth-order valence-electron chi connectivity index (χ4n) is 5.15. The summed E-state index contributed by atoms with van der Waals surface area (Å²) < 4.78 is 0. The summed E-state index contributed by atoms with van der Waals surface area (Å²) in [6, 6.07) is 3.94. The van der Waals surface area contributed by atoms with Gasteiger partial charge in [0.2, 0.25) is 5.91 Å². The minimum absolute atomic E-state index is 0.0736. The van der Waals surface area contributed by atoms with Crippen molar-refractivity contribution in [2.75, 3.05) is 24.6 Å². The summed E-state index contributed by atoms with van der Waals surface area (Å²) in [6.07, 6.45) is 10.8. The molecule has 2 heterocycles. The Morgan fingerprint density at radius 1 is 1.29 bits per heavy atom. The Balaban J connectivity index is 1.83. The number of allylic oxidation sites excluding steroid dienone is 3. The molecule has 0 unspecified atom stereocenters. The highest BCUT2D eigenvalue weighted by atomic mass is 16.6. The molecular weight excluding hydrogens is 486 g/mol. The maximum absolute atomic E-state index is 13.6. The Labute approximate surface area is 224 Å². The Hall–Kier alpha value is -3.30. The molecule has 206 valence electrons. The number of nitrogens with zero attached hydrogens (tertiary/aromatic N) is 3. The van der Waals surface area contributed by atoms with Gasteiger partial charge in [0.15, 0.2) is 5.60 Å². The third kappa shape index (κ3) is 6.22. The monoisotopic (exact) mass is 525 g/mol. The first-order chi connectivity index (χ1) is 18.0. The summed E-state index contributed by atoms with van der Waals surface area (Å²) in [5.74, 6) is -1.42. The van der Waals surface area contributed by atoms with Crippen LogP contribution in [0.4, 0.5) is 11.4 Å². The molecule has 9 heteroatoms. The number of carbonyl (C=O) groups is 2. The summed E-state index contributed by atoms with van der Waals surface area (Å²) in [6.45, 7) is 8.51. The molecule has 2 aliphatic heterocycles. The van der Waals surface area contributed by atoms with Gasteiger partial charge in [-0.2, -0.15) is 0 Å². The van der Waals surface area contributed by atoms with Crippen LogP contribution in [0.25, 0.3) is 0 Å². The van der Waals surface area contributed by atoms with Gasteiger partial charge in [0.05, 0.1) is 23.3 Å². The summed E-state index contributed by atoms with van der Waals surface area (Å²) in [5, 5.41) is 32.7. The van der Waals surface area contributed by atoms with E-state index in [0.29, 0.717) is 12.2 Å². The zero-order valence-corrected chi connectivity index (χ0v) is 22.7. The lowest BCUT2D eigenvalue weighted by atomic mass is 9.82. The Bertz CT molecular complexity index is 1150. The number of benzene rings is 1. The fraction of sp³-hybridized carbons (Fsp3) is 0.517. The molecule has 0 aliphatic carbocycles. The first-order valence-corrected chi connectivity index (χ1v) is 13.2. The topological polar surface area (TPSA) is 124 Å². The standard InChI is InChI=1S/C29H39N3O6/c1-20(2)8-5-9-21(3)15-17-31-26-14-13-23(32(37)38)18-25(26)29(36,28(31)35)22(4)10-6-12-27(34)30-16-7-11-24(30)19-33/h6,8,10,13-15,18,22,24,33,36H,5,7,9,11-12,16-17,19H2,1-4H3/b10-6+,21-15+/t22-,24-,29+/m0/s1. The average Bonchev–Trinajstić information content (AvgIpc) is 3.44. The van der Waals surface area contributed by atoms with E-state index in [1.807, 2.05) is 26.8 Å². The largest absolute Gasteiger partial charge is 0.394 e. The Kier molecular flexibility index (Phi) is 9.62. The molecule has 1 saturated heterocycles. The van der Waals surface area contributed by atoms with Gasteiger partial charge < -0.3 is 20.0 Å². The second kappa shape index (κ2) is 12.5. The van der Waals surface area contributed by atoms with E-state index >= 15 is 0 Å². The molecule has 3 rings (SSSR count). The van der Waals surface area contributed by atoms with E-state index in [0.717, 1.165) is 31.3 Å². The molecule has 38 heavy (non-hydrogen) atoms. The third-order valence-electron chi connectivity index (χ3n) is 7.46. The molecule has 0 bridgehead atoms. The van der Waals surface area contributed by atoms with Crippen LogP contribution in [0, 0.1) is 16.0 Å². The summed E-state index contributed by atoms with van der Waals surface area (Å²) in [5.41, 5.74) is 0.757. The van der Waals surface area contributed by atoms with Crippen LogP contribution < -0.4 is 4.90 Å². The highest BCUT2D eigenvalue weighted by molar-refractivity contribution is 6.07. The molecule has 1 fully saturated rings. The number of hydrogen-bond acceptors (Lipinski definition) is 6. The maximum atomic E-state index is 13.6. The van der Waals surface area contributed by atoms with Crippen LogP contribution in [0.1, 0.15) is 65.4 Å². The zero-order valence-electron chi connectivity index (χ0n) is 22.7. The quantitative estimate of drug-likeness (QED) is 0.251. The number of fused-ring (bicyclic) bond motifs is 1. The number of hydrogen-bond donors (Lipinski definition) is 2. The number of aliphatic hydroxyl groups excluding tert-OH is 1. The van der Waals surface area contributed by atoms with Crippen molar-refractivity contribution in [2.24, 2.45) is 5.92 Å². The molecule has 0 aromatic heterocycles. The van der Waals surface area contributed by atoms with Gasteiger partial charge in [-0.15, -0.1) is 0 Å². The molecule has 3 atom stereocenters. The van der Waals surface area contributed by atoms with Gasteiger partial charge in [0, 0.05) is 43.1 Å².